The van der Waals surface area contributed by atoms with E-state index in [0.717, 1.165) is 19.4 Å². The van der Waals surface area contributed by atoms with Crippen molar-refractivity contribution in [1.82, 2.24) is 15.6 Å². The van der Waals surface area contributed by atoms with Crippen LogP contribution in [0, 0.1) is 0 Å². The van der Waals surface area contributed by atoms with Gasteiger partial charge in [-0.3, -0.25) is 0 Å². The molecule has 1 aromatic heterocycles. The highest BCUT2D eigenvalue weighted by atomic mass is 16.6. The van der Waals surface area contributed by atoms with E-state index in [1.807, 2.05) is 39.2 Å². The second kappa shape index (κ2) is 7.50. The molecule has 1 aromatic rings. The van der Waals surface area contributed by atoms with E-state index < -0.39 is 5.60 Å². The van der Waals surface area contributed by atoms with Gasteiger partial charge in [0.25, 0.3) is 0 Å². The van der Waals surface area contributed by atoms with Crippen LogP contribution in [0.2, 0.25) is 0 Å². The second-order valence-electron chi connectivity index (χ2n) is 6.42. The molecular weight excluding hydrogens is 266 g/mol. The Bertz CT molecular complexity index is 417. The fraction of sp³-hybridized carbons (Fsp3) is 0.688. The number of carbonyl (C=O) groups is 1. The average molecular weight is 295 g/mol. The third-order valence-electron chi connectivity index (χ3n) is 3.65. The Labute approximate surface area is 127 Å². The van der Waals surface area contributed by atoms with Gasteiger partial charge in [-0.15, -0.1) is 0 Å². The van der Waals surface area contributed by atoms with Crippen LogP contribution in [-0.2, 0) is 11.3 Å². The second-order valence-corrected chi connectivity index (χ2v) is 6.42. The van der Waals surface area contributed by atoms with Crippen LogP contribution in [0.25, 0.3) is 0 Å². The Morgan fingerprint density at radius 3 is 2.43 bits per heavy atom. The number of nitrogens with one attached hydrogen (secondary N) is 3. The molecule has 0 aliphatic rings. The SMILES string of the molecule is CCC(CC)(CNC(=O)OC(C)(C)C)NCc1cc[nH]c1. The van der Waals surface area contributed by atoms with Crippen molar-refractivity contribution in [3.8, 4) is 0 Å². The fourth-order valence-corrected chi connectivity index (χ4v) is 2.13. The highest BCUT2D eigenvalue weighted by molar-refractivity contribution is 5.67. The van der Waals surface area contributed by atoms with E-state index in [1.165, 1.54) is 5.56 Å². The molecule has 0 radical (unpaired) electrons. The van der Waals surface area contributed by atoms with Crippen LogP contribution in [-0.4, -0.2) is 28.8 Å². The van der Waals surface area contributed by atoms with Gasteiger partial charge in [0, 0.05) is 31.0 Å². The lowest BCUT2D eigenvalue weighted by Gasteiger charge is -2.33. The van der Waals surface area contributed by atoms with Gasteiger partial charge in [-0.2, -0.15) is 0 Å². The molecule has 0 aliphatic carbocycles. The summed E-state index contributed by atoms with van der Waals surface area (Å²) in [4.78, 5) is 14.9. The molecule has 0 saturated heterocycles. The molecular formula is C16H29N3O2. The highest BCUT2D eigenvalue weighted by Gasteiger charge is 2.27. The van der Waals surface area contributed by atoms with Gasteiger partial charge in [-0.1, -0.05) is 13.8 Å². The lowest BCUT2D eigenvalue weighted by atomic mass is 9.92. The molecule has 120 valence electrons. The number of amides is 1. The molecule has 1 heterocycles. The van der Waals surface area contributed by atoms with Gasteiger partial charge in [0.15, 0.2) is 0 Å². The summed E-state index contributed by atoms with van der Waals surface area (Å²) in [5.74, 6) is 0. The summed E-state index contributed by atoms with van der Waals surface area (Å²) in [6.07, 6.45) is 5.39. The molecule has 0 fully saturated rings. The molecule has 3 N–H and O–H groups in total. The third-order valence-corrected chi connectivity index (χ3v) is 3.65. The number of hydrogen-bond donors (Lipinski definition) is 3. The minimum Gasteiger partial charge on any atom is -0.444 e. The minimum atomic E-state index is -0.469. The molecule has 1 amide bonds. The maximum absolute atomic E-state index is 11.8. The van der Waals surface area contributed by atoms with E-state index in [9.17, 15) is 4.79 Å². The summed E-state index contributed by atoms with van der Waals surface area (Å²) in [7, 11) is 0. The first-order valence-corrected chi connectivity index (χ1v) is 7.64. The Balaban J connectivity index is 2.53. The molecule has 21 heavy (non-hydrogen) atoms. The monoisotopic (exact) mass is 295 g/mol. The van der Waals surface area contributed by atoms with Crippen molar-refractivity contribution in [3.63, 3.8) is 0 Å². The zero-order valence-corrected chi connectivity index (χ0v) is 13.9. The Morgan fingerprint density at radius 2 is 1.95 bits per heavy atom. The number of aromatic nitrogens is 1. The molecule has 0 unspecified atom stereocenters. The smallest absolute Gasteiger partial charge is 0.407 e. The van der Waals surface area contributed by atoms with E-state index in [1.54, 1.807) is 0 Å². The molecule has 0 saturated carbocycles. The normalized spacial score (nSPS) is 12.2. The van der Waals surface area contributed by atoms with Gasteiger partial charge in [0.05, 0.1) is 0 Å². The summed E-state index contributed by atoms with van der Waals surface area (Å²) in [6.45, 7) is 11.2. The molecule has 0 atom stereocenters. The van der Waals surface area contributed by atoms with Gasteiger partial charge in [0.1, 0.15) is 5.60 Å². The molecule has 1 rings (SSSR count). The molecule has 5 heteroatoms. The standard InChI is InChI=1S/C16H29N3O2/c1-6-16(7-2,19-11-13-8-9-17-10-13)12-18-14(20)21-15(3,4)5/h8-10,17,19H,6-7,11-12H2,1-5H3,(H,18,20). The van der Waals surface area contributed by atoms with Gasteiger partial charge >= 0.3 is 6.09 Å². The Morgan fingerprint density at radius 1 is 1.29 bits per heavy atom. The number of H-pyrrole nitrogens is 1. The van der Waals surface area contributed by atoms with E-state index in [-0.39, 0.29) is 11.6 Å². The minimum absolute atomic E-state index is 0.117. The predicted molar refractivity (Wildman–Crippen MR) is 85.2 cm³/mol. The van der Waals surface area contributed by atoms with Crippen molar-refractivity contribution in [1.29, 1.82) is 0 Å². The highest BCUT2D eigenvalue weighted by Crippen LogP contribution is 2.16. The number of ether oxygens (including phenoxy) is 1. The first kappa shape index (κ1) is 17.6. The number of aromatic amines is 1. The first-order chi connectivity index (χ1) is 9.80. The van der Waals surface area contributed by atoms with Crippen LogP contribution in [0.3, 0.4) is 0 Å². The lowest BCUT2D eigenvalue weighted by Crippen LogP contribution is -2.53. The molecule has 5 nitrogen and oxygen atoms in total. The zero-order valence-electron chi connectivity index (χ0n) is 13.9. The van der Waals surface area contributed by atoms with Crippen LogP contribution in [0.4, 0.5) is 4.79 Å². The zero-order chi connectivity index (χ0) is 15.9. The largest absolute Gasteiger partial charge is 0.444 e. The predicted octanol–water partition coefficient (Wildman–Crippen LogP) is 3.19. The Hall–Kier alpha value is -1.49. The summed E-state index contributed by atoms with van der Waals surface area (Å²) < 4.78 is 5.29. The maximum atomic E-state index is 11.8. The van der Waals surface area contributed by atoms with Crippen LogP contribution in [0.5, 0.6) is 0 Å². The van der Waals surface area contributed by atoms with Gasteiger partial charge in [-0.25, -0.2) is 4.79 Å². The first-order valence-electron chi connectivity index (χ1n) is 7.64. The van der Waals surface area contributed by atoms with E-state index in [0.29, 0.717) is 6.54 Å². The van der Waals surface area contributed by atoms with Crippen LogP contribution in [0.1, 0.15) is 53.0 Å². The topological polar surface area (TPSA) is 66.2 Å². The van der Waals surface area contributed by atoms with Crippen LogP contribution >= 0.6 is 0 Å². The van der Waals surface area contributed by atoms with Crippen molar-refractivity contribution in [2.45, 2.75) is 65.1 Å². The van der Waals surface area contributed by atoms with Gasteiger partial charge in [0.2, 0.25) is 0 Å². The van der Waals surface area contributed by atoms with Crippen molar-refractivity contribution in [3.05, 3.63) is 24.0 Å². The molecule has 0 bridgehead atoms. The van der Waals surface area contributed by atoms with Crippen molar-refractivity contribution in [2.24, 2.45) is 0 Å². The van der Waals surface area contributed by atoms with Crippen LogP contribution < -0.4 is 10.6 Å². The summed E-state index contributed by atoms with van der Waals surface area (Å²) in [5, 5.41) is 6.44. The summed E-state index contributed by atoms with van der Waals surface area (Å²) in [5.41, 5.74) is 0.622. The molecule has 0 spiro atoms. The molecule has 0 aromatic carbocycles. The van der Waals surface area contributed by atoms with Crippen molar-refractivity contribution >= 4 is 6.09 Å². The van der Waals surface area contributed by atoms with Crippen LogP contribution in [0.15, 0.2) is 18.5 Å². The van der Waals surface area contributed by atoms with Gasteiger partial charge in [-0.05, 0) is 45.2 Å². The Kier molecular flexibility index (Phi) is 6.27. The van der Waals surface area contributed by atoms with E-state index in [2.05, 4.69) is 29.5 Å². The third kappa shape index (κ3) is 6.21. The molecule has 0 aliphatic heterocycles. The van der Waals surface area contributed by atoms with Gasteiger partial charge < -0.3 is 20.4 Å². The quantitative estimate of drug-likeness (QED) is 0.724. The van der Waals surface area contributed by atoms with E-state index in [4.69, 9.17) is 4.74 Å². The summed E-state index contributed by atoms with van der Waals surface area (Å²) >= 11 is 0. The fourth-order valence-electron chi connectivity index (χ4n) is 2.13. The van der Waals surface area contributed by atoms with Crippen molar-refractivity contribution in [2.75, 3.05) is 6.54 Å². The number of carbonyl (C=O) groups excluding carboxylic acids is 1. The lowest BCUT2D eigenvalue weighted by molar-refractivity contribution is 0.0507. The number of alkyl carbamates (subject to hydrolysis) is 1. The maximum Gasteiger partial charge on any atom is 0.407 e. The van der Waals surface area contributed by atoms with Crippen molar-refractivity contribution < 1.29 is 9.53 Å². The number of rotatable bonds is 7. The van der Waals surface area contributed by atoms with E-state index >= 15 is 0 Å². The summed E-state index contributed by atoms with van der Waals surface area (Å²) in [6, 6.07) is 2.05. The average Bonchev–Trinajstić information content (AvgIpc) is 2.91. The number of hydrogen-bond acceptors (Lipinski definition) is 3.